The summed E-state index contributed by atoms with van der Waals surface area (Å²) in [6.45, 7) is 5.40. The number of rotatable bonds is 7. The van der Waals surface area contributed by atoms with Gasteiger partial charge in [0.05, 0.1) is 5.69 Å². The molecular weight excluding hydrogens is 372 g/mol. The van der Waals surface area contributed by atoms with E-state index in [0.717, 1.165) is 16.1 Å². The van der Waals surface area contributed by atoms with Crippen LogP contribution in [0, 0.1) is 0 Å². The molecule has 142 valence electrons. The summed E-state index contributed by atoms with van der Waals surface area (Å²) in [5.41, 5.74) is 2.28. The predicted molar refractivity (Wildman–Crippen MR) is 111 cm³/mol. The van der Waals surface area contributed by atoms with E-state index >= 15 is 0 Å². The topological polar surface area (TPSA) is 68.3 Å². The van der Waals surface area contributed by atoms with Crippen molar-refractivity contribution >= 4 is 23.2 Å². The van der Waals surface area contributed by atoms with E-state index in [1.807, 2.05) is 60.7 Å². The first-order valence-corrected chi connectivity index (χ1v) is 9.63. The number of amides is 1. The van der Waals surface area contributed by atoms with Crippen LogP contribution in [0.15, 0.2) is 73.3 Å². The highest BCUT2D eigenvalue weighted by molar-refractivity contribution is 7.17. The van der Waals surface area contributed by atoms with Crippen molar-refractivity contribution in [3.05, 3.63) is 78.2 Å². The van der Waals surface area contributed by atoms with Crippen LogP contribution in [-0.2, 0) is 9.53 Å². The molecule has 6 heteroatoms. The highest BCUT2D eigenvalue weighted by Crippen LogP contribution is 2.34. The van der Waals surface area contributed by atoms with E-state index in [9.17, 15) is 9.59 Å². The van der Waals surface area contributed by atoms with Crippen molar-refractivity contribution in [3.8, 4) is 21.8 Å². The molecule has 3 rings (SSSR count). The Hall–Kier alpha value is -3.25. The zero-order valence-electron chi connectivity index (χ0n) is 15.4. The Kier molecular flexibility index (Phi) is 6.34. The molecule has 0 aliphatic heterocycles. The second-order valence-electron chi connectivity index (χ2n) is 6.01. The van der Waals surface area contributed by atoms with Gasteiger partial charge in [-0.15, -0.1) is 17.9 Å². The Morgan fingerprint density at radius 3 is 2.32 bits per heavy atom. The number of nitrogens with one attached hydrogen (secondary N) is 1. The number of carbonyl (C=O) groups excluding carboxylic acids is 2. The summed E-state index contributed by atoms with van der Waals surface area (Å²) in [5.74, 6) is -0.943. The standard InChI is InChI=1S/C22H20N2O3S/c1-3-14-23-20(25)15(2)27-22(26)19-18(16-10-6-4-7-11-16)24-21(28-19)17-12-8-5-9-13-17/h3-13,15H,1,14H2,2H3,(H,23,25)/t15-/m0/s1. The third kappa shape index (κ3) is 4.53. The summed E-state index contributed by atoms with van der Waals surface area (Å²) in [6.07, 6.45) is 0.647. The average Bonchev–Trinajstić information content (AvgIpc) is 3.19. The van der Waals surface area contributed by atoms with Crippen LogP contribution in [0.2, 0.25) is 0 Å². The number of benzene rings is 2. The highest BCUT2D eigenvalue weighted by atomic mass is 32.1. The van der Waals surface area contributed by atoms with Crippen LogP contribution < -0.4 is 5.32 Å². The molecule has 0 saturated heterocycles. The molecule has 0 unspecified atom stereocenters. The summed E-state index contributed by atoms with van der Waals surface area (Å²) in [7, 11) is 0. The largest absolute Gasteiger partial charge is 0.448 e. The quantitative estimate of drug-likeness (QED) is 0.480. The Labute approximate surface area is 167 Å². The Morgan fingerprint density at radius 2 is 1.71 bits per heavy atom. The van der Waals surface area contributed by atoms with Crippen LogP contribution in [0.3, 0.4) is 0 Å². The van der Waals surface area contributed by atoms with E-state index in [4.69, 9.17) is 4.74 Å². The molecule has 0 spiro atoms. The molecule has 5 nitrogen and oxygen atoms in total. The molecule has 1 aromatic heterocycles. The number of aromatic nitrogens is 1. The van der Waals surface area contributed by atoms with Crippen molar-refractivity contribution in [3.63, 3.8) is 0 Å². The van der Waals surface area contributed by atoms with Gasteiger partial charge in [0.15, 0.2) is 6.10 Å². The van der Waals surface area contributed by atoms with Gasteiger partial charge in [-0.25, -0.2) is 9.78 Å². The van der Waals surface area contributed by atoms with Gasteiger partial charge in [-0.05, 0) is 6.92 Å². The lowest BCUT2D eigenvalue weighted by Gasteiger charge is -2.12. The lowest BCUT2D eigenvalue weighted by Crippen LogP contribution is -2.35. The van der Waals surface area contributed by atoms with Gasteiger partial charge in [0.2, 0.25) is 0 Å². The third-order valence-corrected chi connectivity index (χ3v) is 5.04. The van der Waals surface area contributed by atoms with E-state index in [0.29, 0.717) is 17.1 Å². The van der Waals surface area contributed by atoms with Crippen LogP contribution in [0.25, 0.3) is 21.8 Å². The van der Waals surface area contributed by atoms with Crippen molar-refractivity contribution in [1.29, 1.82) is 0 Å². The summed E-state index contributed by atoms with van der Waals surface area (Å²) >= 11 is 1.25. The minimum Gasteiger partial charge on any atom is -0.448 e. The van der Waals surface area contributed by atoms with Gasteiger partial charge in [0.25, 0.3) is 5.91 Å². The lowest BCUT2D eigenvalue weighted by atomic mass is 10.1. The lowest BCUT2D eigenvalue weighted by molar-refractivity contribution is -0.128. The maximum Gasteiger partial charge on any atom is 0.351 e. The fourth-order valence-corrected chi connectivity index (χ4v) is 3.51. The molecule has 1 atom stereocenters. The van der Waals surface area contributed by atoms with Crippen LogP contribution >= 0.6 is 11.3 Å². The fraction of sp³-hybridized carbons (Fsp3) is 0.136. The Bertz CT molecular complexity index is 968. The second kappa shape index (κ2) is 9.10. The molecule has 0 aliphatic rings. The van der Waals surface area contributed by atoms with Gasteiger partial charge in [-0.1, -0.05) is 66.7 Å². The van der Waals surface area contributed by atoms with Crippen LogP contribution in [0.1, 0.15) is 16.6 Å². The van der Waals surface area contributed by atoms with Crippen LogP contribution in [0.5, 0.6) is 0 Å². The maximum atomic E-state index is 12.8. The first kappa shape index (κ1) is 19.5. The van der Waals surface area contributed by atoms with Gasteiger partial charge in [-0.3, -0.25) is 4.79 Å². The first-order chi connectivity index (χ1) is 13.6. The molecule has 0 radical (unpaired) electrons. The van der Waals surface area contributed by atoms with Gasteiger partial charge in [0, 0.05) is 17.7 Å². The van der Waals surface area contributed by atoms with E-state index in [1.165, 1.54) is 18.3 Å². The normalized spacial score (nSPS) is 11.5. The van der Waals surface area contributed by atoms with Gasteiger partial charge in [-0.2, -0.15) is 0 Å². The third-order valence-electron chi connectivity index (χ3n) is 3.95. The molecule has 1 heterocycles. The van der Waals surface area contributed by atoms with Crippen molar-refractivity contribution in [1.82, 2.24) is 10.3 Å². The smallest absolute Gasteiger partial charge is 0.351 e. The van der Waals surface area contributed by atoms with Gasteiger partial charge in [0.1, 0.15) is 9.88 Å². The minimum absolute atomic E-state index is 0.314. The van der Waals surface area contributed by atoms with Crippen LogP contribution in [-0.4, -0.2) is 29.5 Å². The fourth-order valence-electron chi connectivity index (χ4n) is 2.54. The Morgan fingerprint density at radius 1 is 1.11 bits per heavy atom. The van der Waals surface area contributed by atoms with Crippen molar-refractivity contribution < 1.29 is 14.3 Å². The summed E-state index contributed by atoms with van der Waals surface area (Å²) in [6, 6.07) is 19.1. The van der Waals surface area contributed by atoms with Crippen molar-refractivity contribution in [2.75, 3.05) is 6.54 Å². The number of hydrogen-bond acceptors (Lipinski definition) is 5. The van der Waals surface area contributed by atoms with Crippen molar-refractivity contribution in [2.45, 2.75) is 13.0 Å². The summed E-state index contributed by atoms with van der Waals surface area (Å²) in [4.78, 5) is 29.9. The minimum atomic E-state index is -0.918. The average molecular weight is 392 g/mol. The van der Waals surface area contributed by atoms with Crippen LogP contribution in [0.4, 0.5) is 0 Å². The molecule has 1 N–H and O–H groups in total. The SMILES string of the molecule is C=CCNC(=O)[C@H](C)OC(=O)c1sc(-c2ccccc2)nc1-c1ccccc1. The number of carbonyl (C=O) groups is 2. The van der Waals surface area contributed by atoms with Gasteiger partial charge >= 0.3 is 5.97 Å². The van der Waals surface area contributed by atoms with E-state index in [1.54, 1.807) is 6.08 Å². The Balaban J connectivity index is 1.92. The molecule has 1 amide bonds. The van der Waals surface area contributed by atoms with Crippen molar-refractivity contribution in [2.24, 2.45) is 0 Å². The maximum absolute atomic E-state index is 12.8. The molecule has 0 aliphatic carbocycles. The second-order valence-corrected chi connectivity index (χ2v) is 7.01. The first-order valence-electron chi connectivity index (χ1n) is 8.81. The molecular formula is C22H20N2O3S. The summed E-state index contributed by atoms with van der Waals surface area (Å²) in [5, 5.41) is 3.34. The number of nitrogens with zero attached hydrogens (tertiary/aromatic N) is 1. The number of hydrogen-bond donors (Lipinski definition) is 1. The molecule has 28 heavy (non-hydrogen) atoms. The zero-order valence-corrected chi connectivity index (χ0v) is 16.2. The highest BCUT2D eigenvalue weighted by Gasteiger charge is 2.25. The summed E-state index contributed by atoms with van der Waals surface area (Å²) < 4.78 is 5.39. The molecule has 3 aromatic rings. The predicted octanol–water partition coefficient (Wildman–Crippen LogP) is 4.32. The number of ether oxygens (including phenoxy) is 1. The van der Waals surface area contributed by atoms with E-state index in [-0.39, 0.29) is 5.91 Å². The molecule has 0 saturated carbocycles. The monoisotopic (exact) mass is 392 g/mol. The van der Waals surface area contributed by atoms with E-state index in [2.05, 4.69) is 16.9 Å². The number of esters is 1. The number of thiazole rings is 1. The molecule has 0 fully saturated rings. The van der Waals surface area contributed by atoms with Gasteiger partial charge < -0.3 is 10.1 Å². The molecule has 0 bridgehead atoms. The molecule has 2 aromatic carbocycles. The zero-order chi connectivity index (χ0) is 19.9. The van der Waals surface area contributed by atoms with E-state index < -0.39 is 12.1 Å².